The Labute approximate surface area is 124 Å². The summed E-state index contributed by atoms with van der Waals surface area (Å²) in [5.41, 5.74) is 2.95. The van der Waals surface area contributed by atoms with E-state index in [1.165, 1.54) is 12.1 Å². The van der Waals surface area contributed by atoms with Gasteiger partial charge in [0, 0.05) is 6.54 Å². The molecule has 0 amide bonds. The molecule has 4 heteroatoms. The number of rotatable bonds is 6. The molecule has 2 aromatic carbocycles. The van der Waals surface area contributed by atoms with Crippen molar-refractivity contribution >= 4 is 0 Å². The molecule has 1 N–H and O–H groups in total. The average Bonchev–Trinajstić information content (AvgIpc) is 2.47. The van der Waals surface area contributed by atoms with Gasteiger partial charge in [0.25, 0.3) is 0 Å². The van der Waals surface area contributed by atoms with Crippen LogP contribution in [0.4, 0.5) is 4.39 Å². The molecule has 0 heterocycles. The lowest BCUT2D eigenvalue weighted by Gasteiger charge is -2.13. The summed E-state index contributed by atoms with van der Waals surface area (Å²) in [6, 6.07) is 10.5. The van der Waals surface area contributed by atoms with Crippen molar-refractivity contribution in [1.82, 2.24) is 5.32 Å². The second-order valence-corrected chi connectivity index (χ2v) is 4.88. The van der Waals surface area contributed by atoms with Crippen LogP contribution in [0.2, 0.25) is 0 Å². The summed E-state index contributed by atoms with van der Waals surface area (Å²) in [5.74, 6) is 1.15. The summed E-state index contributed by atoms with van der Waals surface area (Å²) < 4.78 is 24.3. The van der Waals surface area contributed by atoms with E-state index in [0.29, 0.717) is 18.1 Å². The molecule has 0 saturated carbocycles. The number of benzene rings is 2. The van der Waals surface area contributed by atoms with Crippen LogP contribution in [0.15, 0.2) is 36.4 Å². The lowest BCUT2D eigenvalue weighted by molar-refractivity contribution is 0.283. The third-order valence-electron chi connectivity index (χ3n) is 3.30. The first-order valence-corrected chi connectivity index (χ1v) is 6.83. The molecule has 112 valence electrons. The molecular weight excluding hydrogens is 269 g/mol. The van der Waals surface area contributed by atoms with Crippen molar-refractivity contribution in [3.8, 4) is 11.5 Å². The van der Waals surface area contributed by atoms with Crippen LogP contribution in [0.5, 0.6) is 11.5 Å². The summed E-state index contributed by atoms with van der Waals surface area (Å²) in [7, 11) is 3.51. The summed E-state index contributed by atoms with van der Waals surface area (Å²) >= 11 is 0. The smallest absolute Gasteiger partial charge is 0.161 e. The minimum atomic E-state index is -0.232. The zero-order valence-electron chi connectivity index (χ0n) is 12.6. The van der Waals surface area contributed by atoms with Gasteiger partial charge in [0.2, 0.25) is 0 Å². The molecule has 0 radical (unpaired) electrons. The maximum Gasteiger partial charge on any atom is 0.161 e. The molecule has 0 aromatic heterocycles. The van der Waals surface area contributed by atoms with Crippen molar-refractivity contribution in [3.63, 3.8) is 0 Å². The van der Waals surface area contributed by atoms with Gasteiger partial charge in [-0.15, -0.1) is 0 Å². The molecular formula is C17H20FNO2. The highest BCUT2D eigenvalue weighted by atomic mass is 19.1. The zero-order chi connectivity index (χ0) is 15.2. The van der Waals surface area contributed by atoms with Crippen molar-refractivity contribution in [3.05, 3.63) is 58.9 Å². The van der Waals surface area contributed by atoms with Crippen LogP contribution >= 0.6 is 0 Å². The van der Waals surface area contributed by atoms with Crippen LogP contribution in [0.25, 0.3) is 0 Å². The normalized spacial score (nSPS) is 10.5. The molecule has 0 aliphatic heterocycles. The van der Waals surface area contributed by atoms with Gasteiger partial charge in [0.05, 0.1) is 7.11 Å². The Hall–Kier alpha value is -2.07. The molecule has 2 aromatic rings. The number of ether oxygens (including phenoxy) is 2. The summed E-state index contributed by atoms with van der Waals surface area (Å²) in [4.78, 5) is 0. The Morgan fingerprint density at radius 3 is 2.57 bits per heavy atom. The van der Waals surface area contributed by atoms with Gasteiger partial charge in [-0.2, -0.15) is 0 Å². The van der Waals surface area contributed by atoms with Crippen molar-refractivity contribution in [1.29, 1.82) is 0 Å². The average molecular weight is 289 g/mol. The third-order valence-corrected chi connectivity index (χ3v) is 3.30. The third kappa shape index (κ3) is 3.95. The Morgan fingerprint density at radius 2 is 1.90 bits per heavy atom. The van der Waals surface area contributed by atoms with Gasteiger partial charge in [0.15, 0.2) is 11.5 Å². The maximum atomic E-state index is 13.1. The minimum absolute atomic E-state index is 0.232. The van der Waals surface area contributed by atoms with Crippen molar-refractivity contribution < 1.29 is 13.9 Å². The van der Waals surface area contributed by atoms with Crippen LogP contribution < -0.4 is 14.8 Å². The van der Waals surface area contributed by atoms with E-state index in [0.717, 1.165) is 23.2 Å². The van der Waals surface area contributed by atoms with Gasteiger partial charge < -0.3 is 14.8 Å². The molecule has 0 spiro atoms. The Kier molecular flexibility index (Phi) is 5.17. The van der Waals surface area contributed by atoms with E-state index in [4.69, 9.17) is 9.47 Å². The van der Waals surface area contributed by atoms with E-state index in [9.17, 15) is 4.39 Å². The fraction of sp³-hybridized carbons (Fsp3) is 0.294. The predicted molar refractivity (Wildman–Crippen MR) is 81.2 cm³/mol. The van der Waals surface area contributed by atoms with E-state index in [-0.39, 0.29) is 5.82 Å². The fourth-order valence-electron chi connectivity index (χ4n) is 2.12. The largest absolute Gasteiger partial charge is 0.493 e. The second-order valence-electron chi connectivity index (χ2n) is 4.88. The molecule has 2 rings (SSSR count). The van der Waals surface area contributed by atoms with Crippen LogP contribution in [-0.4, -0.2) is 14.2 Å². The number of hydrogen-bond donors (Lipinski definition) is 1. The second kappa shape index (κ2) is 7.09. The van der Waals surface area contributed by atoms with Gasteiger partial charge in [-0.25, -0.2) is 4.39 Å². The van der Waals surface area contributed by atoms with Crippen LogP contribution in [0.3, 0.4) is 0 Å². The van der Waals surface area contributed by atoms with Crippen molar-refractivity contribution in [2.45, 2.75) is 20.1 Å². The maximum absolute atomic E-state index is 13.1. The van der Waals surface area contributed by atoms with E-state index < -0.39 is 0 Å². The highest BCUT2D eigenvalue weighted by Crippen LogP contribution is 2.29. The molecule has 0 fully saturated rings. The molecule has 21 heavy (non-hydrogen) atoms. The quantitative estimate of drug-likeness (QED) is 0.883. The monoisotopic (exact) mass is 289 g/mol. The van der Waals surface area contributed by atoms with Crippen molar-refractivity contribution in [2.75, 3.05) is 14.2 Å². The topological polar surface area (TPSA) is 30.5 Å². The van der Waals surface area contributed by atoms with Gasteiger partial charge in [-0.05, 0) is 54.9 Å². The first-order valence-electron chi connectivity index (χ1n) is 6.83. The van der Waals surface area contributed by atoms with Crippen LogP contribution in [0, 0.1) is 12.7 Å². The highest BCUT2D eigenvalue weighted by molar-refractivity contribution is 5.43. The first-order chi connectivity index (χ1) is 10.1. The van der Waals surface area contributed by atoms with E-state index in [2.05, 4.69) is 5.32 Å². The lowest BCUT2D eigenvalue weighted by Crippen LogP contribution is -2.06. The summed E-state index contributed by atoms with van der Waals surface area (Å²) in [6.07, 6.45) is 0. The van der Waals surface area contributed by atoms with E-state index >= 15 is 0 Å². The first kappa shape index (κ1) is 15.3. The number of nitrogens with one attached hydrogen (secondary N) is 1. The molecule has 0 aliphatic carbocycles. The van der Waals surface area contributed by atoms with Crippen molar-refractivity contribution in [2.24, 2.45) is 0 Å². The Balaban J connectivity index is 2.16. The minimum Gasteiger partial charge on any atom is -0.493 e. The lowest BCUT2D eigenvalue weighted by atomic mass is 10.1. The Bertz CT molecular complexity index is 614. The number of aryl methyl sites for hydroxylation is 1. The Morgan fingerprint density at radius 1 is 1.10 bits per heavy atom. The van der Waals surface area contributed by atoms with E-state index in [1.807, 2.05) is 32.2 Å². The van der Waals surface area contributed by atoms with Crippen LogP contribution in [0.1, 0.15) is 16.7 Å². The number of methoxy groups -OCH3 is 1. The van der Waals surface area contributed by atoms with Gasteiger partial charge in [-0.3, -0.25) is 0 Å². The highest BCUT2D eigenvalue weighted by Gasteiger charge is 2.07. The van der Waals surface area contributed by atoms with Gasteiger partial charge in [-0.1, -0.05) is 12.1 Å². The van der Waals surface area contributed by atoms with Crippen LogP contribution in [-0.2, 0) is 13.2 Å². The van der Waals surface area contributed by atoms with Gasteiger partial charge >= 0.3 is 0 Å². The number of hydrogen-bond acceptors (Lipinski definition) is 3. The van der Waals surface area contributed by atoms with Gasteiger partial charge in [0.1, 0.15) is 12.4 Å². The molecule has 0 atom stereocenters. The molecule has 0 bridgehead atoms. The molecule has 0 saturated heterocycles. The summed E-state index contributed by atoms with van der Waals surface area (Å²) in [5, 5.41) is 3.10. The number of halogens is 1. The predicted octanol–water partition coefficient (Wildman–Crippen LogP) is 3.44. The SMILES string of the molecule is CNCc1ccc(OC)c(OCc2ccc(F)cc2C)c1. The van der Waals surface area contributed by atoms with E-state index in [1.54, 1.807) is 13.2 Å². The summed E-state index contributed by atoms with van der Waals surface area (Å²) in [6.45, 7) is 3.01. The molecule has 3 nitrogen and oxygen atoms in total. The molecule has 0 unspecified atom stereocenters. The zero-order valence-corrected chi connectivity index (χ0v) is 12.6. The fourth-order valence-corrected chi connectivity index (χ4v) is 2.12. The standard InChI is InChI=1S/C17H20FNO2/c1-12-8-15(18)6-5-14(12)11-21-17-9-13(10-19-2)4-7-16(17)20-3/h4-9,19H,10-11H2,1-3H3. The molecule has 0 aliphatic rings.